The van der Waals surface area contributed by atoms with Gasteiger partial charge in [-0.15, -0.1) is 0 Å². The van der Waals surface area contributed by atoms with E-state index in [-0.39, 0.29) is 0 Å². The molecular weight excluding hydrogens is 302 g/mol. The Morgan fingerprint density at radius 2 is 1.26 bits per heavy atom. The molecule has 23 heavy (non-hydrogen) atoms. The lowest BCUT2D eigenvalue weighted by molar-refractivity contribution is -0.133. The van der Waals surface area contributed by atoms with E-state index in [1.165, 1.54) is 6.07 Å². The van der Waals surface area contributed by atoms with Gasteiger partial charge in [-0.2, -0.15) is 0 Å². The fourth-order valence-corrected chi connectivity index (χ4v) is 2.34. The van der Waals surface area contributed by atoms with Gasteiger partial charge in [0.15, 0.2) is 0 Å². The number of nitrogens with one attached hydrogen (secondary N) is 2. The van der Waals surface area contributed by atoms with Gasteiger partial charge < -0.3 is 10.6 Å². The van der Waals surface area contributed by atoms with Crippen LogP contribution in [-0.2, 0) is 9.59 Å². The molecule has 0 heterocycles. The van der Waals surface area contributed by atoms with Crippen LogP contribution in [0.25, 0.3) is 0 Å². The summed E-state index contributed by atoms with van der Waals surface area (Å²) in [6, 6.07) is 6.86. The minimum Gasteiger partial charge on any atom is -0.317 e. The molecule has 2 aromatic rings. The van der Waals surface area contributed by atoms with Crippen molar-refractivity contribution < 1.29 is 18.4 Å². The summed E-state index contributed by atoms with van der Waals surface area (Å²) in [6.07, 6.45) is 0. The zero-order chi connectivity index (χ0) is 17.1. The van der Waals surface area contributed by atoms with Gasteiger partial charge in [-0.3, -0.25) is 9.59 Å². The minimum absolute atomic E-state index is 0.504. The molecule has 0 saturated carbocycles. The molecule has 2 aromatic carbocycles. The molecule has 0 atom stereocenters. The van der Waals surface area contributed by atoms with Crippen molar-refractivity contribution in [2.45, 2.75) is 20.8 Å². The van der Waals surface area contributed by atoms with Crippen LogP contribution < -0.4 is 10.6 Å². The van der Waals surface area contributed by atoms with Crippen LogP contribution in [0, 0.1) is 32.4 Å². The first-order valence-corrected chi connectivity index (χ1v) is 6.93. The van der Waals surface area contributed by atoms with Crippen LogP contribution in [0.2, 0.25) is 0 Å². The quantitative estimate of drug-likeness (QED) is 0.833. The number of aryl methyl sites for hydroxylation is 3. The minimum atomic E-state index is -1.15. The maximum atomic E-state index is 13.5. The summed E-state index contributed by atoms with van der Waals surface area (Å²) >= 11 is 0. The zero-order valence-corrected chi connectivity index (χ0v) is 13.0. The summed E-state index contributed by atoms with van der Waals surface area (Å²) in [4.78, 5) is 23.8. The molecule has 2 amide bonds. The predicted molar refractivity (Wildman–Crippen MR) is 84.3 cm³/mol. The van der Waals surface area contributed by atoms with E-state index in [0.29, 0.717) is 5.69 Å². The Morgan fingerprint density at radius 3 is 1.74 bits per heavy atom. The number of rotatable bonds is 2. The van der Waals surface area contributed by atoms with Gasteiger partial charge >= 0.3 is 11.8 Å². The average molecular weight is 318 g/mol. The van der Waals surface area contributed by atoms with Crippen molar-refractivity contribution in [3.63, 3.8) is 0 Å². The van der Waals surface area contributed by atoms with Crippen LogP contribution in [0.5, 0.6) is 0 Å². The lowest BCUT2D eigenvalue weighted by Gasteiger charge is -2.13. The van der Waals surface area contributed by atoms with Crippen molar-refractivity contribution in [1.82, 2.24) is 0 Å². The third kappa shape index (κ3) is 3.71. The molecule has 0 aliphatic heterocycles. The van der Waals surface area contributed by atoms with Crippen molar-refractivity contribution in [3.8, 4) is 0 Å². The highest BCUT2D eigenvalue weighted by Gasteiger charge is 2.19. The first kappa shape index (κ1) is 16.6. The lowest BCUT2D eigenvalue weighted by atomic mass is 10.1. The van der Waals surface area contributed by atoms with E-state index in [1.807, 2.05) is 24.4 Å². The summed E-state index contributed by atoms with van der Waals surface area (Å²) in [5, 5.41) is 4.42. The number of hydrogen-bond acceptors (Lipinski definition) is 2. The zero-order valence-electron chi connectivity index (χ0n) is 13.0. The van der Waals surface area contributed by atoms with Crippen molar-refractivity contribution in [2.24, 2.45) is 0 Å². The Labute approximate surface area is 132 Å². The van der Waals surface area contributed by atoms with Crippen LogP contribution in [0.4, 0.5) is 20.2 Å². The molecular formula is C17H16F2N2O2. The van der Waals surface area contributed by atoms with Crippen molar-refractivity contribution in [3.05, 3.63) is 58.7 Å². The van der Waals surface area contributed by atoms with Crippen molar-refractivity contribution in [2.75, 3.05) is 10.6 Å². The molecule has 0 bridgehead atoms. The van der Waals surface area contributed by atoms with Gasteiger partial charge in [0.1, 0.15) is 17.3 Å². The smallest absolute Gasteiger partial charge is 0.314 e. The Kier molecular flexibility index (Phi) is 4.74. The molecule has 0 radical (unpaired) electrons. The number of carbonyl (C=O) groups is 2. The molecule has 0 aliphatic carbocycles. The molecule has 2 N–H and O–H groups in total. The summed E-state index contributed by atoms with van der Waals surface area (Å²) in [7, 11) is 0. The second-order valence-corrected chi connectivity index (χ2v) is 5.28. The molecule has 0 aromatic heterocycles. The van der Waals surface area contributed by atoms with Gasteiger partial charge in [0.25, 0.3) is 0 Å². The number of halogens is 2. The van der Waals surface area contributed by atoms with Crippen LogP contribution >= 0.6 is 0 Å². The number of para-hydroxylation sites is 1. The van der Waals surface area contributed by atoms with Crippen LogP contribution in [-0.4, -0.2) is 11.8 Å². The molecule has 120 valence electrons. The summed E-state index contributed by atoms with van der Waals surface area (Å²) in [6.45, 7) is 5.51. The summed E-state index contributed by atoms with van der Waals surface area (Å²) in [5.41, 5.74) is 2.46. The van der Waals surface area contributed by atoms with E-state index in [9.17, 15) is 18.4 Å². The maximum absolute atomic E-state index is 13.5. The monoisotopic (exact) mass is 318 g/mol. The van der Waals surface area contributed by atoms with E-state index in [2.05, 4.69) is 5.32 Å². The molecule has 2 rings (SSSR count). The third-order valence-electron chi connectivity index (χ3n) is 3.32. The van der Waals surface area contributed by atoms with E-state index in [0.717, 1.165) is 28.8 Å². The van der Waals surface area contributed by atoms with Crippen molar-refractivity contribution in [1.29, 1.82) is 0 Å². The predicted octanol–water partition coefficient (Wildman–Crippen LogP) is 3.47. The molecule has 6 heteroatoms. The van der Waals surface area contributed by atoms with Gasteiger partial charge in [0.05, 0.1) is 0 Å². The topological polar surface area (TPSA) is 58.2 Å². The standard InChI is InChI=1S/C17H16F2N2O2/c1-9-7-10(2)14(11(3)8-9)20-16(22)17(23)21-15-12(18)5-4-6-13(15)19/h4-8H,1-3H3,(H,20,22)(H,21,23). The Bertz CT molecular complexity index is 745. The van der Waals surface area contributed by atoms with Gasteiger partial charge in [-0.05, 0) is 44.0 Å². The van der Waals surface area contributed by atoms with Gasteiger partial charge in [0, 0.05) is 5.69 Å². The Hall–Kier alpha value is -2.76. The summed E-state index contributed by atoms with van der Waals surface area (Å²) in [5.74, 6) is -4.04. The normalized spacial score (nSPS) is 10.3. The number of benzene rings is 2. The first-order chi connectivity index (χ1) is 10.8. The number of anilines is 2. The lowest BCUT2D eigenvalue weighted by Crippen LogP contribution is -2.30. The Morgan fingerprint density at radius 1 is 0.826 bits per heavy atom. The SMILES string of the molecule is Cc1cc(C)c(NC(=O)C(=O)Nc2c(F)cccc2F)c(C)c1. The maximum Gasteiger partial charge on any atom is 0.314 e. The second kappa shape index (κ2) is 6.56. The van der Waals surface area contributed by atoms with Crippen LogP contribution in [0.1, 0.15) is 16.7 Å². The van der Waals surface area contributed by atoms with E-state index >= 15 is 0 Å². The van der Waals surface area contributed by atoms with E-state index in [1.54, 1.807) is 13.8 Å². The van der Waals surface area contributed by atoms with Gasteiger partial charge in [-0.1, -0.05) is 23.8 Å². The molecule has 0 spiro atoms. The highest BCUT2D eigenvalue weighted by atomic mass is 19.1. The molecule has 0 unspecified atom stereocenters. The highest BCUT2D eigenvalue weighted by Crippen LogP contribution is 2.22. The molecule has 0 saturated heterocycles. The van der Waals surface area contributed by atoms with Crippen LogP contribution in [0.15, 0.2) is 30.3 Å². The Balaban J connectivity index is 2.17. The second-order valence-electron chi connectivity index (χ2n) is 5.28. The molecule has 0 fully saturated rings. The average Bonchev–Trinajstić information content (AvgIpc) is 2.46. The third-order valence-corrected chi connectivity index (χ3v) is 3.32. The first-order valence-electron chi connectivity index (χ1n) is 6.93. The summed E-state index contributed by atoms with van der Waals surface area (Å²) < 4.78 is 27.0. The number of amides is 2. The van der Waals surface area contributed by atoms with Gasteiger partial charge in [0.2, 0.25) is 0 Å². The fourth-order valence-electron chi connectivity index (χ4n) is 2.34. The van der Waals surface area contributed by atoms with E-state index in [4.69, 9.17) is 0 Å². The van der Waals surface area contributed by atoms with Gasteiger partial charge in [-0.25, -0.2) is 8.78 Å². The highest BCUT2D eigenvalue weighted by molar-refractivity contribution is 6.43. The number of carbonyl (C=O) groups excluding carboxylic acids is 2. The largest absolute Gasteiger partial charge is 0.317 e. The van der Waals surface area contributed by atoms with E-state index < -0.39 is 29.1 Å². The fraction of sp³-hybridized carbons (Fsp3) is 0.176. The molecule has 4 nitrogen and oxygen atoms in total. The molecule has 0 aliphatic rings. The van der Waals surface area contributed by atoms with Crippen LogP contribution in [0.3, 0.4) is 0 Å². The van der Waals surface area contributed by atoms with Crippen molar-refractivity contribution >= 4 is 23.2 Å². The number of hydrogen-bond donors (Lipinski definition) is 2.